The molecule has 0 aromatic carbocycles. The van der Waals surface area contributed by atoms with Crippen LogP contribution in [0.3, 0.4) is 0 Å². The van der Waals surface area contributed by atoms with Crippen molar-refractivity contribution >= 4 is 5.82 Å². The molecule has 1 unspecified atom stereocenters. The number of morpholine rings is 1. The molecule has 2 N–H and O–H groups in total. The number of nitrogens with two attached hydrogens (primary N) is 1. The van der Waals surface area contributed by atoms with Gasteiger partial charge in [0.15, 0.2) is 0 Å². The molecule has 1 aliphatic heterocycles. The van der Waals surface area contributed by atoms with Crippen molar-refractivity contribution in [1.82, 2.24) is 9.88 Å². The molecule has 0 saturated carbocycles. The smallest absolute Gasteiger partial charge is 0.123 e. The van der Waals surface area contributed by atoms with Crippen molar-refractivity contribution in [1.29, 1.82) is 0 Å². The highest BCUT2D eigenvalue weighted by molar-refractivity contribution is 5.31. The van der Waals surface area contributed by atoms with Crippen LogP contribution >= 0.6 is 0 Å². The number of hydrogen-bond acceptors (Lipinski definition) is 4. The Bertz CT molecular complexity index is 343. The normalized spacial score (nSPS) is 22.2. The van der Waals surface area contributed by atoms with E-state index in [-0.39, 0.29) is 0 Å². The Labute approximate surface area is 96.4 Å². The zero-order valence-corrected chi connectivity index (χ0v) is 9.72. The fraction of sp³-hybridized carbons (Fsp3) is 0.583. The first kappa shape index (κ1) is 11.4. The number of nitrogen functional groups attached to an aromatic ring is 1. The second-order valence-electron chi connectivity index (χ2n) is 4.20. The quantitative estimate of drug-likeness (QED) is 0.835. The number of anilines is 1. The van der Waals surface area contributed by atoms with Crippen molar-refractivity contribution in [3.05, 3.63) is 23.9 Å². The lowest BCUT2D eigenvalue weighted by Gasteiger charge is -2.35. The van der Waals surface area contributed by atoms with Crippen molar-refractivity contribution in [3.8, 4) is 0 Å². The van der Waals surface area contributed by atoms with Crippen molar-refractivity contribution in [2.45, 2.75) is 25.9 Å². The third-order valence-corrected chi connectivity index (χ3v) is 3.05. The lowest BCUT2D eigenvalue weighted by molar-refractivity contribution is -0.0127. The maximum absolute atomic E-state index is 5.68. The summed E-state index contributed by atoms with van der Waals surface area (Å²) in [6.07, 6.45) is 2.90. The van der Waals surface area contributed by atoms with E-state index in [0.29, 0.717) is 11.9 Å². The summed E-state index contributed by atoms with van der Waals surface area (Å²) in [5, 5.41) is 0. The van der Waals surface area contributed by atoms with Crippen LogP contribution < -0.4 is 5.73 Å². The van der Waals surface area contributed by atoms with Gasteiger partial charge >= 0.3 is 0 Å². The van der Waals surface area contributed by atoms with Crippen LogP contribution in [0.2, 0.25) is 0 Å². The number of rotatable bonds is 3. The van der Waals surface area contributed by atoms with Gasteiger partial charge in [-0.2, -0.15) is 0 Å². The lowest BCUT2D eigenvalue weighted by Crippen LogP contribution is -2.44. The molecule has 1 saturated heterocycles. The fourth-order valence-electron chi connectivity index (χ4n) is 2.10. The summed E-state index contributed by atoms with van der Waals surface area (Å²) in [5.41, 5.74) is 6.91. The van der Waals surface area contributed by atoms with Crippen molar-refractivity contribution in [2.75, 3.05) is 25.5 Å². The van der Waals surface area contributed by atoms with E-state index in [1.54, 1.807) is 6.20 Å². The largest absolute Gasteiger partial charge is 0.384 e. The van der Waals surface area contributed by atoms with Crippen LogP contribution in [0.5, 0.6) is 0 Å². The number of pyridine rings is 1. The van der Waals surface area contributed by atoms with Crippen molar-refractivity contribution in [2.24, 2.45) is 0 Å². The highest BCUT2D eigenvalue weighted by Crippen LogP contribution is 2.15. The Balaban J connectivity index is 2.02. The van der Waals surface area contributed by atoms with Gasteiger partial charge in [-0.25, -0.2) is 4.98 Å². The molecule has 0 aliphatic carbocycles. The molecule has 0 bridgehead atoms. The number of aromatic nitrogens is 1. The molecular formula is C12H19N3O. The first-order valence-corrected chi connectivity index (χ1v) is 5.82. The molecular weight excluding hydrogens is 202 g/mol. The van der Waals surface area contributed by atoms with E-state index in [9.17, 15) is 0 Å². The number of hydrogen-bond donors (Lipinski definition) is 1. The van der Waals surface area contributed by atoms with Gasteiger partial charge in [0.25, 0.3) is 0 Å². The maximum Gasteiger partial charge on any atom is 0.123 e. The van der Waals surface area contributed by atoms with Gasteiger partial charge in [0.1, 0.15) is 5.82 Å². The van der Waals surface area contributed by atoms with Crippen LogP contribution in [0.4, 0.5) is 5.82 Å². The zero-order valence-electron chi connectivity index (χ0n) is 9.72. The molecule has 2 heterocycles. The van der Waals surface area contributed by atoms with Crippen LogP contribution in [-0.4, -0.2) is 35.7 Å². The minimum Gasteiger partial charge on any atom is -0.384 e. The molecule has 1 atom stereocenters. The molecule has 2 rings (SSSR count). The Morgan fingerprint density at radius 2 is 2.50 bits per heavy atom. The summed E-state index contributed by atoms with van der Waals surface area (Å²) in [6.45, 7) is 5.82. The van der Waals surface area contributed by atoms with Crippen LogP contribution in [0, 0.1) is 0 Å². The van der Waals surface area contributed by atoms with Gasteiger partial charge in [0, 0.05) is 25.3 Å². The predicted molar refractivity (Wildman–Crippen MR) is 64.0 cm³/mol. The predicted octanol–water partition coefficient (Wildman–Crippen LogP) is 1.27. The average molecular weight is 221 g/mol. The van der Waals surface area contributed by atoms with Gasteiger partial charge in [-0.3, -0.25) is 4.90 Å². The van der Waals surface area contributed by atoms with Crippen LogP contribution in [-0.2, 0) is 11.3 Å². The third kappa shape index (κ3) is 2.71. The van der Waals surface area contributed by atoms with Crippen LogP contribution in [0.15, 0.2) is 18.3 Å². The molecule has 1 aromatic heterocycles. The third-order valence-electron chi connectivity index (χ3n) is 3.05. The molecule has 0 spiro atoms. The molecule has 1 fully saturated rings. The molecule has 4 heteroatoms. The monoisotopic (exact) mass is 221 g/mol. The van der Waals surface area contributed by atoms with Crippen molar-refractivity contribution in [3.63, 3.8) is 0 Å². The summed E-state index contributed by atoms with van der Waals surface area (Å²) >= 11 is 0. The minimum absolute atomic E-state index is 0.531. The van der Waals surface area contributed by atoms with E-state index < -0.39 is 0 Å². The first-order valence-electron chi connectivity index (χ1n) is 5.82. The molecule has 1 aromatic rings. The van der Waals surface area contributed by atoms with E-state index in [1.165, 1.54) is 5.56 Å². The molecule has 0 amide bonds. The molecule has 16 heavy (non-hydrogen) atoms. The molecule has 88 valence electrons. The second-order valence-corrected chi connectivity index (χ2v) is 4.20. The zero-order chi connectivity index (χ0) is 11.4. The standard InChI is InChI=1S/C12H19N3O/c1-2-11-9-16-6-5-15(11)8-10-3-4-14-12(13)7-10/h3-4,7,11H,2,5-6,8-9H2,1H3,(H2,13,14). The van der Waals surface area contributed by atoms with Gasteiger partial charge in [0.2, 0.25) is 0 Å². The Kier molecular flexibility index (Phi) is 3.74. The highest BCUT2D eigenvalue weighted by Gasteiger charge is 2.21. The van der Waals surface area contributed by atoms with Crippen molar-refractivity contribution < 1.29 is 4.74 Å². The van der Waals surface area contributed by atoms with Crippen LogP contribution in [0.1, 0.15) is 18.9 Å². The maximum atomic E-state index is 5.68. The summed E-state index contributed by atoms with van der Waals surface area (Å²) < 4.78 is 5.49. The summed E-state index contributed by atoms with van der Waals surface area (Å²) in [7, 11) is 0. The lowest BCUT2D eigenvalue weighted by atomic mass is 10.1. The first-order chi connectivity index (χ1) is 7.79. The average Bonchev–Trinajstić information content (AvgIpc) is 2.30. The van der Waals surface area contributed by atoms with Gasteiger partial charge in [0.05, 0.1) is 13.2 Å². The molecule has 4 nitrogen and oxygen atoms in total. The van der Waals surface area contributed by atoms with E-state index in [2.05, 4.69) is 16.8 Å². The summed E-state index contributed by atoms with van der Waals surface area (Å²) in [4.78, 5) is 6.46. The van der Waals surface area contributed by atoms with E-state index in [0.717, 1.165) is 32.7 Å². The van der Waals surface area contributed by atoms with Gasteiger partial charge < -0.3 is 10.5 Å². The SMILES string of the molecule is CCC1COCCN1Cc1ccnc(N)c1. The van der Waals surface area contributed by atoms with E-state index >= 15 is 0 Å². The Morgan fingerprint density at radius 3 is 3.25 bits per heavy atom. The summed E-state index contributed by atoms with van der Waals surface area (Å²) in [6, 6.07) is 4.50. The Hall–Kier alpha value is -1.13. The number of ether oxygens (including phenoxy) is 1. The topological polar surface area (TPSA) is 51.4 Å². The van der Waals surface area contributed by atoms with Gasteiger partial charge in [-0.15, -0.1) is 0 Å². The number of nitrogens with zero attached hydrogens (tertiary/aromatic N) is 2. The fourth-order valence-corrected chi connectivity index (χ4v) is 2.10. The van der Waals surface area contributed by atoms with E-state index in [4.69, 9.17) is 10.5 Å². The van der Waals surface area contributed by atoms with E-state index in [1.807, 2.05) is 12.1 Å². The Morgan fingerprint density at radius 1 is 1.62 bits per heavy atom. The summed E-state index contributed by atoms with van der Waals surface area (Å²) in [5.74, 6) is 0.596. The van der Waals surface area contributed by atoms with Gasteiger partial charge in [-0.1, -0.05) is 6.92 Å². The minimum atomic E-state index is 0.531. The van der Waals surface area contributed by atoms with Crippen LogP contribution in [0.25, 0.3) is 0 Å². The van der Waals surface area contributed by atoms with Gasteiger partial charge in [-0.05, 0) is 24.1 Å². The highest BCUT2D eigenvalue weighted by atomic mass is 16.5. The molecule has 0 radical (unpaired) electrons. The molecule has 1 aliphatic rings. The second kappa shape index (κ2) is 5.27.